The van der Waals surface area contributed by atoms with Gasteiger partial charge in [-0.3, -0.25) is 9.82 Å². The molecule has 3 N–H and O–H groups in total. The van der Waals surface area contributed by atoms with Crippen LogP contribution in [0.2, 0.25) is 0 Å². The number of benzene rings is 2. The molecule has 0 aliphatic heterocycles. The number of fused-ring (bicyclic) bond motifs is 1. The number of H-pyrrole nitrogens is 1. The third-order valence-corrected chi connectivity index (χ3v) is 5.93. The summed E-state index contributed by atoms with van der Waals surface area (Å²) in [7, 11) is -2.80. The number of methoxy groups -OCH3 is 1. The van der Waals surface area contributed by atoms with Crippen molar-refractivity contribution in [3.63, 3.8) is 0 Å². The molecular formula is C20H19F2N5O5S. The molecule has 0 atom stereocenters. The number of nitrogens with one attached hydrogen (secondary N) is 3. The average Bonchev–Trinajstić information content (AvgIpc) is 3.41. The van der Waals surface area contributed by atoms with Crippen LogP contribution in [0.3, 0.4) is 0 Å². The standard InChI is InChI=1S/C20H19F2N5O5S/c1-11-3-4-17(16(7-11)31-10-18(21)22)33(28,29)27-20-12-8-15(30-2)13(9-14(12)32-26-20)24-19-5-6-23-25-19/h3-9,18H,10H2,1-2H3,(H,26,27)(H2,23,24,25). The Balaban J connectivity index is 1.67. The lowest BCUT2D eigenvalue weighted by Crippen LogP contribution is -2.16. The van der Waals surface area contributed by atoms with Crippen LogP contribution in [-0.4, -0.2) is 43.9 Å². The lowest BCUT2D eigenvalue weighted by atomic mass is 10.2. The number of ether oxygens (including phenoxy) is 2. The molecule has 0 amide bonds. The second kappa shape index (κ2) is 8.94. The number of aromatic nitrogens is 3. The number of hydrogen-bond acceptors (Lipinski definition) is 8. The Bertz CT molecular complexity index is 1370. The average molecular weight is 479 g/mol. The third-order valence-electron chi connectivity index (χ3n) is 4.55. The minimum absolute atomic E-state index is 0.100. The predicted octanol–water partition coefficient (Wildman–Crippen LogP) is 4.06. The van der Waals surface area contributed by atoms with Crippen LogP contribution in [0.25, 0.3) is 11.0 Å². The summed E-state index contributed by atoms with van der Waals surface area (Å²) in [6, 6.07) is 9.01. The molecule has 2 aromatic carbocycles. The van der Waals surface area contributed by atoms with Crippen molar-refractivity contribution < 1.29 is 31.2 Å². The van der Waals surface area contributed by atoms with Crippen LogP contribution in [0.15, 0.2) is 52.0 Å². The molecule has 10 nitrogen and oxygen atoms in total. The number of aromatic amines is 1. The van der Waals surface area contributed by atoms with Crippen molar-refractivity contribution in [2.75, 3.05) is 23.8 Å². The Kier molecular flexibility index (Phi) is 6.05. The molecule has 0 saturated heterocycles. The van der Waals surface area contributed by atoms with E-state index in [0.29, 0.717) is 28.2 Å². The van der Waals surface area contributed by atoms with Gasteiger partial charge in [0.1, 0.15) is 28.8 Å². The molecule has 13 heteroatoms. The van der Waals surface area contributed by atoms with Gasteiger partial charge in [0.2, 0.25) is 0 Å². The number of rotatable bonds is 9. The van der Waals surface area contributed by atoms with Crippen molar-refractivity contribution in [2.24, 2.45) is 0 Å². The van der Waals surface area contributed by atoms with Gasteiger partial charge in [-0.2, -0.15) is 5.10 Å². The molecule has 0 bridgehead atoms. The highest BCUT2D eigenvalue weighted by molar-refractivity contribution is 7.92. The Hall–Kier alpha value is -3.87. The van der Waals surface area contributed by atoms with Gasteiger partial charge in [0, 0.05) is 12.1 Å². The van der Waals surface area contributed by atoms with Gasteiger partial charge in [-0.1, -0.05) is 11.2 Å². The van der Waals surface area contributed by atoms with Crippen molar-refractivity contribution >= 4 is 38.3 Å². The van der Waals surface area contributed by atoms with E-state index in [1.165, 1.54) is 25.3 Å². The van der Waals surface area contributed by atoms with E-state index in [1.54, 1.807) is 31.3 Å². The largest absolute Gasteiger partial charge is 0.495 e. The first-order valence-corrected chi connectivity index (χ1v) is 11.0. The molecule has 0 saturated carbocycles. The number of sulfonamides is 1. The van der Waals surface area contributed by atoms with Crippen LogP contribution in [0, 0.1) is 6.92 Å². The van der Waals surface area contributed by atoms with Crippen LogP contribution >= 0.6 is 0 Å². The summed E-state index contributed by atoms with van der Waals surface area (Å²) < 4.78 is 69.3. The van der Waals surface area contributed by atoms with E-state index in [0.717, 1.165) is 0 Å². The summed E-state index contributed by atoms with van der Waals surface area (Å²) in [5.41, 5.74) is 1.45. The van der Waals surface area contributed by atoms with Crippen molar-refractivity contribution in [2.45, 2.75) is 18.2 Å². The molecule has 174 valence electrons. The topological polar surface area (TPSA) is 131 Å². The third kappa shape index (κ3) is 4.82. The fourth-order valence-corrected chi connectivity index (χ4v) is 4.20. The number of alkyl halides is 2. The molecule has 0 aliphatic carbocycles. The quantitative estimate of drug-likeness (QED) is 0.328. The highest BCUT2D eigenvalue weighted by Crippen LogP contribution is 2.36. The van der Waals surface area contributed by atoms with Gasteiger partial charge in [0.25, 0.3) is 16.4 Å². The number of hydrogen-bond donors (Lipinski definition) is 3. The molecule has 0 fully saturated rings. The molecule has 33 heavy (non-hydrogen) atoms. The van der Waals surface area contributed by atoms with Crippen molar-refractivity contribution in [3.8, 4) is 11.5 Å². The molecule has 0 unspecified atom stereocenters. The van der Waals surface area contributed by atoms with E-state index in [9.17, 15) is 17.2 Å². The minimum Gasteiger partial charge on any atom is -0.495 e. The SMILES string of the molecule is COc1cc2c(NS(=O)(=O)c3ccc(C)cc3OCC(F)F)noc2cc1Nc1ccn[nH]1. The zero-order valence-electron chi connectivity index (χ0n) is 17.4. The highest BCUT2D eigenvalue weighted by Gasteiger charge is 2.24. The summed E-state index contributed by atoms with van der Waals surface area (Å²) in [6.07, 6.45) is -1.19. The maximum absolute atomic E-state index is 13.0. The van der Waals surface area contributed by atoms with E-state index in [-0.39, 0.29) is 22.0 Å². The predicted molar refractivity (Wildman–Crippen MR) is 116 cm³/mol. The Morgan fingerprint density at radius 3 is 2.70 bits per heavy atom. The Morgan fingerprint density at radius 2 is 2.00 bits per heavy atom. The highest BCUT2D eigenvalue weighted by atomic mass is 32.2. The van der Waals surface area contributed by atoms with Gasteiger partial charge in [-0.15, -0.1) is 0 Å². The Morgan fingerprint density at radius 1 is 1.18 bits per heavy atom. The van der Waals surface area contributed by atoms with Crippen LogP contribution in [0.1, 0.15) is 5.56 Å². The summed E-state index contributed by atoms with van der Waals surface area (Å²) in [6.45, 7) is 0.744. The summed E-state index contributed by atoms with van der Waals surface area (Å²) in [4.78, 5) is -0.311. The zero-order chi connectivity index (χ0) is 23.6. The van der Waals surface area contributed by atoms with Crippen LogP contribution in [0.5, 0.6) is 11.5 Å². The normalized spacial score (nSPS) is 11.7. The zero-order valence-corrected chi connectivity index (χ0v) is 18.2. The smallest absolute Gasteiger partial charge is 0.272 e. The summed E-state index contributed by atoms with van der Waals surface area (Å²) >= 11 is 0. The molecule has 4 rings (SSSR count). The first kappa shape index (κ1) is 22.3. The molecule has 0 spiro atoms. The van der Waals surface area contributed by atoms with Gasteiger partial charge in [-0.05, 0) is 30.7 Å². The van der Waals surface area contributed by atoms with Crippen molar-refractivity contribution in [1.82, 2.24) is 15.4 Å². The molecule has 0 aliphatic rings. The van der Waals surface area contributed by atoms with E-state index >= 15 is 0 Å². The molecule has 2 heterocycles. The van der Waals surface area contributed by atoms with Gasteiger partial charge in [0.15, 0.2) is 11.4 Å². The maximum Gasteiger partial charge on any atom is 0.272 e. The molecule has 2 aromatic heterocycles. The van der Waals surface area contributed by atoms with Crippen molar-refractivity contribution in [1.29, 1.82) is 0 Å². The summed E-state index contributed by atoms with van der Waals surface area (Å²) in [5.74, 6) is 0.692. The van der Waals surface area contributed by atoms with Crippen molar-refractivity contribution in [3.05, 3.63) is 48.2 Å². The Labute approximate surface area is 186 Å². The first-order valence-electron chi connectivity index (χ1n) is 9.55. The number of anilines is 3. The fourth-order valence-electron chi connectivity index (χ4n) is 3.06. The first-order chi connectivity index (χ1) is 15.8. The lowest BCUT2D eigenvalue weighted by Gasteiger charge is -2.13. The minimum atomic E-state index is -4.25. The van der Waals surface area contributed by atoms with Gasteiger partial charge < -0.3 is 19.3 Å². The van der Waals surface area contributed by atoms with E-state index in [4.69, 9.17) is 14.0 Å². The van der Waals surface area contributed by atoms with E-state index in [2.05, 4.69) is 25.4 Å². The molecular weight excluding hydrogens is 460 g/mol. The number of aryl methyl sites for hydroxylation is 1. The van der Waals surface area contributed by atoms with Gasteiger partial charge in [-0.25, -0.2) is 17.2 Å². The summed E-state index contributed by atoms with van der Waals surface area (Å²) in [5, 5.41) is 13.8. The monoisotopic (exact) mass is 479 g/mol. The second-order valence-corrected chi connectivity index (χ2v) is 8.58. The van der Waals surface area contributed by atoms with Gasteiger partial charge in [0.05, 0.1) is 24.4 Å². The van der Waals surface area contributed by atoms with Crippen LogP contribution in [0.4, 0.5) is 26.1 Å². The number of nitrogens with zero attached hydrogens (tertiary/aromatic N) is 2. The van der Waals surface area contributed by atoms with Crippen LogP contribution in [-0.2, 0) is 10.0 Å². The lowest BCUT2D eigenvalue weighted by molar-refractivity contribution is 0.0804. The number of halogens is 2. The second-order valence-electron chi connectivity index (χ2n) is 6.93. The van der Waals surface area contributed by atoms with Crippen LogP contribution < -0.4 is 19.5 Å². The maximum atomic E-state index is 13.0. The fraction of sp³-hybridized carbons (Fsp3) is 0.200. The molecule has 4 aromatic rings. The van der Waals surface area contributed by atoms with Gasteiger partial charge >= 0.3 is 0 Å². The van der Waals surface area contributed by atoms with E-state index in [1.807, 2.05) is 0 Å². The molecule has 0 radical (unpaired) electrons. The van der Waals surface area contributed by atoms with E-state index < -0.39 is 23.1 Å².